The molecular formula is C17H33ClN2O. The van der Waals surface area contributed by atoms with Crippen molar-refractivity contribution in [2.24, 2.45) is 11.8 Å². The van der Waals surface area contributed by atoms with Crippen molar-refractivity contribution in [3.05, 3.63) is 0 Å². The van der Waals surface area contributed by atoms with Gasteiger partial charge in [-0.05, 0) is 63.5 Å². The standard InChI is InChI=1S/C17H32N2O.ClH/c1-3-7-16-9-4-5-11-19(16)17(20)12-14(2)15-8-6-10-18-13-15;/h14-16,18H,3-13H2,1-2H3;1H. The van der Waals surface area contributed by atoms with Gasteiger partial charge in [0, 0.05) is 19.0 Å². The Morgan fingerprint density at radius 1 is 1.29 bits per heavy atom. The lowest BCUT2D eigenvalue weighted by Gasteiger charge is -2.37. The van der Waals surface area contributed by atoms with Crippen molar-refractivity contribution in [1.29, 1.82) is 0 Å². The molecular weight excluding hydrogens is 284 g/mol. The highest BCUT2D eigenvalue weighted by Crippen LogP contribution is 2.26. The molecule has 3 unspecified atom stereocenters. The minimum Gasteiger partial charge on any atom is -0.340 e. The van der Waals surface area contributed by atoms with Crippen LogP contribution in [0, 0.1) is 11.8 Å². The summed E-state index contributed by atoms with van der Waals surface area (Å²) in [6.45, 7) is 7.76. The van der Waals surface area contributed by atoms with Crippen LogP contribution in [0.25, 0.3) is 0 Å². The zero-order valence-corrected chi connectivity index (χ0v) is 14.6. The second-order valence-corrected chi connectivity index (χ2v) is 6.81. The lowest BCUT2D eigenvalue weighted by molar-refractivity contribution is -0.136. The van der Waals surface area contributed by atoms with Gasteiger partial charge >= 0.3 is 0 Å². The average Bonchev–Trinajstić information content (AvgIpc) is 2.49. The monoisotopic (exact) mass is 316 g/mol. The molecule has 0 aromatic carbocycles. The number of hydrogen-bond acceptors (Lipinski definition) is 2. The molecule has 124 valence electrons. The van der Waals surface area contributed by atoms with E-state index in [0.29, 0.717) is 23.8 Å². The Bertz CT molecular complexity index is 303. The first kappa shape index (κ1) is 18.8. The van der Waals surface area contributed by atoms with Gasteiger partial charge in [-0.2, -0.15) is 0 Å². The second kappa shape index (κ2) is 9.68. The zero-order valence-electron chi connectivity index (χ0n) is 13.8. The summed E-state index contributed by atoms with van der Waals surface area (Å²) in [7, 11) is 0. The van der Waals surface area contributed by atoms with Crippen molar-refractivity contribution in [2.75, 3.05) is 19.6 Å². The van der Waals surface area contributed by atoms with Gasteiger partial charge in [0.1, 0.15) is 0 Å². The molecule has 2 rings (SSSR count). The Morgan fingerprint density at radius 3 is 2.76 bits per heavy atom. The fourth-order valence-electron chi connectivity index (χ4n) is 3.89. The summed E-state index contributed by atoms with van der Waals surface area (Å²) >= 11 is 0. The number of amides is 1. The molecule has 0 radical (unpaired) electrons. The highest BCUT2D eigenvalue weighted by Gasteiger charge is 2.29. The molecule has 0 aromatic rings. The molecule has 0 bridgehead atoms. The van der Waals surface area contributed by atoms with Crippen LogP contribution in [0.2, 0.25) is 0 Å². The van der Waals surface area contributed by atoms with Crippen LogP contribution in [-0.2, 0) is 4.79 Å². The number of carbonyl (C=O) groups is 1. The summed E-state index contributed by atoms with van der Waals surface area (Å²) < 4.78 is 0. The summed E-state index contributed by atoms with van der Waals surface area (Å²) in [5.74, 6) is 1.64. The van der Waals surface area contributed by atoms with Gasteiger partial charge in [0.2, 0.25) is 5.91 Å². The molecule has 1 N–H and O–H groups in total. The Labute approximate surface area is 136 Å². The van der Waals surface area contributed by atoms with Crippen LogP contribution in [0.3, 0.4) is 0 Å². The number of nitrogens with zero attached hydrogens (tertiary/aromatic N) is 1. The highest BCUT2D eigenvalue weighted by molar-refractivity contribution is 5.85. The van der Waals surface area contributed by atoms with E-state index < -0.39 is 0 Å². The van der Waals surface area contributed by atoms with Crippen molar-refractivity contribution in [1.82, 2.24) is 10.2 Å². The van der Waals surface area contributed by atoms with E-state index in [-0.39, 0.29) is 12.4 Å². The van der Waals surface area contributed by atoms with Gasteiger partial charge < -0.3 is 10.2 Å². The molecule has 2 fully saturated rings. The van der Waals surface area contributed by atoms with Crippen LogP contribution in [0.15, 0.2) is 0 Å². The minimum absolute atomic E-state index is 0. The maximum absolute atomic E-state index is 12.6. The molecule has 2 aliphatic heterocycles. The number of carbonyl (C=O) groups excluding carboxylic acids is 1. The molecule has 1 amide bonds. The predicted octanol–water partition coefficient (Wildman–Crippen LogP) is 3.62. The molecule has 4 heteroatoms. The average molecular weight is 317 g/mol. The van der Waals surface area contributed by atoms with E-state index in [2.05, 4.69) is 24.1 Å². The van der Waals surface area contributed by atoms with Gasteiger partial charge in [-0.3, -0.25) is 4.79 Å². The number of piperidine rings is 2. The summed E-state index contributed by atoms with van der Waals surface area (Å²) in [5.41, 5.74) is 0. The first-order chi connectivity index (χ1) is 9.72. The van der Waals surface area contributed by atoms with Gasteiger partial charge in [-0.25, -0.2) is 0 Å². The van der Waals surface area contributed by atoms with Crippen LogP contribution in [0.1, 0.15) is 65.2 Å². The van der Waals surface area contributed by atoms with Crippen LogP contribution in [0.5, 0.6) is 0 Å². The van der Waals surface area contributed by atoms with Crippen LogP contribution < -0.4 is 5.32 Å². The summed E-state index contributed by atoms with van der Waals surface area (Å²) in [6, 6.07) is 0.526. The van der Waals surface area contributed by atoms with Crippen molar-refractivity contribution in [2.45, 2.75) is 71.3 Å². The Balaban J connectivity index is 0.00000220. The molecule has 2 saturated heterocycles. The quantitative estimate of drug-likeness (QED) is 0.840. The number of nitrogens with one attached hydrogen (secondary N) is 1. The van der Waals surface area contributed by atoms with Crippen LogP contribution in [-0.4, -0.2) is 36.5 Å². The van der Waals surface area contributed by atoms with Gasteiger partial charge in [0.25, 0.3) is 0 Å². The smallest absolute Gasteiger partial charge is 0.223 e. The third-order valence-corrected chi connectivity index (χ3v) is 5.21. The van der Waals surface area contributed by atoms with E-state index in [4.69, 9.17) is 0 Å². The van der Waals surface area contributed by atoms with Gasteiger partial charge in [-0.15, -0.1) is 12.4 Å². The first-order valence-electron chi connectivity index (χ1n) is 8.72. The van der Waals surface area contributed by atoms with Crippen molar-refractivity contribution in [3.8, 4) is 0 Å². The van der Waals surface area contributed by atoms with Gasteiger partial charge in [-0.1, -0.05) is 20.3 Å². The zero-order chi connectivity index (χ0) is 14.4. The van der Waals surface area contributed by atoms with E-state index in [9.17, 15) is 4.79 Å². The van der Waals surface area contributed by atoms with Crippen molar-refractivity contribution in [3.63, 3.8) is 0 Å². The lowest BCUT2D eigenvalue weighted by Crippen LogP contribution is -2.45. The summed E-state index contributed by atoms with van der Waals surface area (Å²) in [6.07, 6.45) is 9.42. The third-order valence-electron chi connectivity index (χ3n) is 5.21. The molecule has 0 spiro atoms. The second-order valence-electron chi connectivity index (χ2n) is 6.81. The normalized spacial score (nSPS) is 27.8. The van der Waals surface area contributed by atoms with Crippen molar-refractivity contribution >= 4 is 18.3 Å². The Morgan fingerprint density at radius 2 is 2.10 bits per heavy atom. The Kier molecular flexibility index (Phi) is 8.65. The van der Waals surface area contributed by atoms with E-state index in [1.54, 1.807) is 0 Å². The van der Waals surface area contributed by atoms with E-state index in [1.165, 1.54) is 44.9 Å². The highest BCUT2D eigenvalue weighted by atomic mass is 35.5. The third kappa shape index (κ3) is 5.45. The van der Waals surface area contributed by atoms with E-state index >= 15 is 0 Å². The Hall–Kier alpha value is -0.280. The van der Waals surface area contributed by atoms with E-state index in [0.717, 1.165) is 26.1 Å². The first-order valence-corrected chi connectivity index (χ1v) is 8.72. The molecule has 2 aliphatic rings. The van der Waals surface area contributed by atoms with Gasteiger partial charge in [0.15, 0.2) is 0 Å². The van der Waals surface area contributed by atoms with E-state index in [1.807, 2.05) is 0 Å². The lowest BCUT2D eigenvalue weighted by atomic mass is 9.84. The topological polar surface area (TPSA) is 32.3 Å². The number of hydrogen-bond donors (Lipinski definition) is 1. The fourth-order valence-corrected chi connectivity index (χ4v) is 3.89. The minimum atomic E-state index is 0. The maximum Gasteiger partial charge on any atom is 0.223 e. The number of likely N-dealkylation sites (tertiary alicyclic amines) is 1. The molecule has 0 aliphatic carbocycles. The summed E-state index contributed by atoms with van der Waals surface area (Å²) in [4.78, 5) is 14.9. The predicted molar refractivity (Wildman–Crippen MR) is 90.9 cm³/mol. The SMILES string of the molecule is CCCC1CCCCN1C(=O)CC(C)C1CCCNC1.Cl. The molecule has 0 saturated carbocycles. The van der Waals surface area contributed by atoms with Crippen LogP contribution in [0.4, 0.5) is 0 Å². The maximum atomic E-state index is 12.6. The van der Waals surface area contributed by atoms with Crippen molar-refractivity contribution < 1.29 is 4.79 Å². The largest absolute Gasteiger partial charge is 0.340 e. The van der Waals surface area contributed by atoms with Gasteiger partial charge in [0.05, 0.1) is 0 Å². The van der Waals surface area contributed by atoms with Crippen LogP contribution >= 0.6 is 12.4 Å². The summed E-state index contributed by atoms with van der Waals surface area (Å²) in [5, 5.41) is 3.47. The number of rotatable bonds is 5. The molecule has 2 heterocycles. The molecule has 3 nitrogen and oxygen atoms in total. The molecule has 3 atom stereocenters. The molecule has 21 heavy (non-hydrogen) atoms. The molecule has 0 aromatic heterocycles. The number of halogens is 1. The fraction of sp³-hybridized carbons (Fsp3) is 0.941.